The van der Waals surface area contributed by atoms with Crippen LogP contribution in [-0.4, -0.2) is 24.2 Å². The minimum atomic E-state index is -0.777. The van der Waals surface area contributed by atoms with Crippen LogP contribution < -0.4 is 10.1 Å². The van der Waals surface area contributed by atoms with Crippen LogP contribution in [0.5, 0.6) is 5.75 Å². The average Bonchev–Trinajstić information content (AvgIpc) is 2.52. The molecule has 0 aromatic heterocycles. The van der Waals surface area contributed by atoms with Crippen LogP contribution in [0.2, 0.25) is 5.02 Å². The first-order chi connectivity index (χ1) is 10.5. The van der Waals surface area contributed by atoms with E-state index in [2.05, 4.69) is 5.32 Å². The molecule has 0 fully saturated rings. The average molecular weight is 320 g/mol. The van der Waals surface area contributed by atoms with Crippen molar-refractivity contribution in [2.75, 3.05) is 13.2 Å². The lowest BCUT2D eigenvalue weighted by Gasteiger charge is -2.13. The zero-order valence-electron chi connectivity index (χ0n) is 12.3. The number of carbonyl (C=O) groups excluding carboxylic acids is 1. The summed E-state index contributed by atoms with van der Waals surface area (Å²) in [6, 6.07) is 14.3. The highest BCUT2D eigenvalue weighted by Crippen LogP contribution is 2.15. The summed E-state index contributed by atoms with van der Waals surface area (Å²) in [6.45, 7) is 2.02. The van der Waals surface area contributed by atoms with Crippen LogP contribution in [0.1, 0.15) is 17.2 Å². The van der Waals surface area contributed by atoms with Crippen molar-refractivity contribution in [1.29, 1.82) is 0 Å². The van der Waals surface area contributed by atoms with Gasteiger partial charge in [0.15, 0.2) is 6.61 Å². The number of aliphatic hydroxyl groups excluding tert-OH is 1. The lowest BCUT2D eigenvalue weighted by atomic mass is 10.1. The second-order valence-electron chi connectivity index (χ2n) is 4.97. The van der Waals surface area contributed by atoms with Crippen LogP contribution in [-0.2, 0) is 4.79 Å². The van der Waals surface area contributed by atoms with E-state index in [1.54, 1.807) is 24.3 Å². The summed E-state index contributed by atoms with van der Waals surface area (Å²) in [6.07, 6.45) is -0.777. The standard InChI is InChI=1S/C17H18ClNO3/c1-12-2-8-15(9-3-12)22-11-17(21)19-10-16(20)13-4-6-14(18)7-5-13/h2-9,16,20H,10-11H2,1H3,(H,19,21). The van der Waals surface area contributed by atoms with E-state index in [1.807, 2.05) is 31.2 Å². The van der Waals surface area contributed by atoms with Gasteiger partial charge in [-0.2, -0.15) is 0 Å². The Morgan fingerprint density at radius 1 is 1.18 bits per heavy atom. The molecule has 0 bridgehead atoms. The fourth-order valence-electron chi connectivity index (χ4n) is 1.85. The molecule has 0 heterocycles. The second-order valence-corrected chi connectivity index (χ2v) is 5.41. The zero-order valence-corrected chi connectivity index (χ0v) is 13.0. The molecular formula is C17H18ClNO3. The molecule has 2 N–H and O–H groups in total. The predicted molar refractivity (Wildman–Crippen MR) is 86.1 cm³/mol. The molecule has 2 aromatic carbocycles. The van der Waals surface area contributed by atoms with E-state index >= 15 is 0 Å². The first-order valence-corrected chi connectivity index (χ1v) is 7.32. The minimum absolute atomic E-state index is 0.0869. The number of halogens is 1. The van der Waals surface area contributed by atoms with Crippen molar-refractivity contribution in [2.24, 2.45) is 0 Å². The van der Waals surface area contributed by atoms with E-state index in [0.29, 0.717) is 16.3 Å². The maximum atomic E-state index is 11.7. The van der Waals surface area contributed by atoms with Gasteiger partial charge in [-0.05, 0) is 36.8 Å². The molecule has 0 aliphatic heterocycles. The lowest BCUT2D eigenvalue weighted by molar-refractivity contribution is -0.123. The molecule has 1 atom stereocenters. The molecule has 1 unspecified atom stereocenters. The van der Waals surface area contributed by atoms with Gasteiger partial charge in [-0.3, -0.25) is 4.79 Å². The van der Waals surface area contributed by atoms with E-state index in [-0.39, 0.29) is 19.1 Å². The fraction of sp³-hybridized carbons (Fsp3) is 0.235. The van der Waals surface area contributed by atoms with Gasteiger partial charge in [-0.25, -0.2) is 0 Å². The first kappa shape index (κ1) is 16.3. The summed E-state index contributed by atoms with van der Waals surface area (Å²) in [5, 5.41) is 13.2. The number of aryl methyl sites for hydroxylation is 1. The van der Waals surface area contributed by atoms with Crippen molar-refractivity contribution in [3.8, 4) is 5.75 Å². The molecule has 1 amide bonds. The third kappa shape index (κ3) is 5.06. The molecule has 0 radical (unpaired) electrons. The fourth-order valence-corrected chi connectivity index (χ4v) is 1.97. The number of benzene rings is 2. The van der Waals surface area contributed by atoms with Crippen LogP contribution in [0.15, 0.2) is 48.5 Å². The summed E-state index contributed by atoms with van der Waals surface area (Å²) in [7, 11) is 0. The number of rotatable bonds is 6. The lowest BCUT2D eigenvalue weighted by Crippen LogP contribution is -2.32. The highest BCUT2D eigenvalue weighted by atomic mass is 35.5. The van der Waals surface area contributed by atoms with Gasteiger partial charge in [-0.1, -0.05) is 41.4 Å². The van der Waals surface area contributed by atoms with Gasteiger partial charge in [0.05, 0.1) is 6.10 Å². The summed E-state index contributed by atoms with van der Waals surface area (Å²) in [5.41, 5.74) is 1.83. The van der Waals surface area contributed by atoms with Crippen LogP contribution in [0.25, 0.3) is 0 Å². The van der Waals surface area contributed by atoms with E-state index in [0.717, 1.165) is 5.56 Å². The van der Waals surface area contributed by atoms with E-state index in [9.17, 15) is 9.90 Å². The zero-order chi connectivity index (χ0) is 15.9. The van der Waals surface area contributed by atoms with Crippen LogP contribution in [0, 0.1) is 6.92 Å². The summed E-state index contributed by atoms with van der Waals surface area (Å²) < 4.78 is 5.37. The van der Waals surface area contributed by atoms with Crippen molar-refractivity contribution >= 4 is 17.5 Å². The van der Waals surface area contributed by atoms with Crippen molar-refractivity contribution in [2.45, 2.75) is 13.0 Å². The number of aliphatic hydroxyl groups is 1. The number of carbonyl (C=O) groups is 1. The molecule has 0 spiro atoms. The quantitative estimate of drug-likeness (QED) is 0.860. The third-order valence-electron chi connectivity index (χ3n) is 3.14. The van der Waals surface area contributed by atoms with Crippen molar-refractivity contribution in [3.63, 3.8) is 0 Å². The molecular weight excluding hydrogens is 302 g/mol. The predicted octanol–water partition coefficient (Wildman–Crippen LogP) is 2.88. The largest absolute Gasteiger partial charge is 0.484 e. The van der Waals surface area contributed by atoms with Gasteiger partial charge in [0.25, 0.3) is 5.91 Å². The van der Waals surface area contributed by atoms with Crippen LogP contribution >= 0.6 is 11.6 Å². The van der Waals surface area contributed by atoms with Gasteiger partial charge in [-0.15, -0.1) is 0 Å². The van der Waals surface area contributed by atoms with Gasteiger partial charge in [0.1, 0.15) is 5.75 Å². The number of hydrogen-bond donors (Lipinski definition) is 2. The molecule has 0 saturated carbocycles. The monoisotopic (exact) mass is 319 g/mol. The second kappa shape index (κ2) is 7.82. The molecule has 0 saturated heterocycles. The summed E-state index contributed by atoms with van der Waals surface area (Å²) in [5.74, 6) is 0.354. The van der Waals surface area contributed by atoms with Crippen LogP contribution in [0.4, 0.5) is 0 Å². The molecule has 116 valence electrons. The molecule has 2 rings (SSSR count). The third-order valence-corrected chi connectivity index (χ3v) is 3.39. The number of ether oxygens (including phenoxy) is 1. The summed E-state index contributed by atoms with van der Waals surface area (Å²) in [4.78, 5) is 11.7. The first-order valence-electron chi connectivity index (χ1n) is 6.94. The van der Waals surface area contributed by atoms with Crippen LogP contribution in [0.3, 0.4) is 0 Å². The number of hydrogen-bond acceptors (Lipinski definition) is 3. The number of nitrogens with one attached hydrogen (secondary N) is 1. The summed E-state index contributed by atoms with van der Waals surface area (Å²) >= 11 is 5.79. The van der Waals surface area contributed by atoms with Gasteiger partial charge in [0, 0.05) is 11.6 Å². The Labute approximate surface area is 134 Å². The van der Waals surface area contributed by atoms with Gasteiger partial charge in [0.2, 0.25) is 0 Å². The minimum Gasteiger partial charge on any atom is -0.484 e. The molecule has 0 aliphatic carbocycles. The Balaban J connectivity index is 1.75. The normalized spacial score (nSPS) is 11.8. The Kier molecular flexibility index (Phi) is 5.81. The Hall–Kier alpha value is -2.04. The maximum Gasteiger partial charge on any atom is 0.258 e. The van der Waals surface area contributed by atoms with Gasteiger partial charge < -0.3 is 15.2 Å². The molecule has 22 heavy (non-hydrogen) atoms. The van der Waals surface area contributed by atoms with E-state index in [4.69, 9.17) is 16.3 Å². The van der Waals surface area contributed by atoms with E-state index < -0.39 is 6.10 Å². The smallest absolute Gasteiger partial charge is 0.258 e. The SMILES string of the molecule is Cc1ccc(OCC(=O)NCC(O)c2ccc(Cl)cc2)cc1. The molecule has 4 nitrogen and oxygen atoms in total. The maximum absolute atomic E-state index is 11.7. The molecule has 5 heteroatoms. The van der Waals surface area contributed by atoms with Crippen molar-refractivity contribution < 1.29 is 14.6 Å². The highest BCUT2D eigenvalue weighted by Gasteiger charge is 2.10. The molecule has 0 aliphatic rings. The highest BCUT2D eigenvalue weighted by molar-refractivity contribution is 6.30. The van der Waals surface area contributed by atoms with E-state index in [1.165, 1.54) is 0 Å². The topological polar surface area (TPSA) is 58.6 Å². The Morgan fingerprint density at radius 2 is 1.82 bits per heavy atom. The number of amides is 1. The Bertz CT molecular complexity index is 611. The molecule has 2 aromatic rings. The van der Waals surface area contributed by atoms with Crippen molar-refractivity contribution in [3.05, 3.63) is 64.7 Å². The van der Waals surface area contributed by atoms with Gasteiger partial charge >= 0.3 is 0 Å². The Morgan fingerprint density at radius 3 is 2.45 bits per heavy atom. The van der Waals surface area contributed by atoms with Crippen molar-refractivity contribution in [1.82, 2.24) is 5.32 Å².